The highest BCUT2D eigenvalue weighted by Gasteiger charge is 2.51. The smallest absolute Gasteiger partial charge is 0.245 e. The lowest BCUT2D eigenvalue weighted by Gasteiger charge is -2.54. The van der Waals surface area contributed by atoms with Crippen LogP contribution in [-0.4, -0.2) is 132 Å². The second-order valence-electron chi connectivity index (χ2n) is 16.6. The second-order valence-corrected chi connectivity index (χ2v) is 16.6. The number of Topliss-reactive ketones (excluding diaryl/α,β-unsaturated/α-hetero) is 1. The van der Waals surface area contributed by atoms with Gasteiger partial charge in [0.25, 0.3) is 0 Å². The first-order valence-electron chi connectivity index (χ1n) is 20.3. The van der Waals surface area contributed by atoms with E-state index in [2.05, 4.69) is 19.9 Å². The van der Waals surface area contributed by atoms with Gasteiger partial charge in [0.05, 0.1) is 59.6 Å². The molecule has 15 nitrogen and oxygen atoms in total. The number of anilines is 3. The number of hydrogen-bond donors (Lipinski definition) is 1. The van der Waals surface area contributed by atoms with Crippen molar-refractivity contribution in [1.82, 2.24) is 44.1 Å². The minimum atomic E-state index is -0.825. The highest BCUT2D eigenvalue weighted by atomic mass is 19.1. The van der Waals surface area contributed by atoms with Crippen LogP contribution in [0.15, 0.2) is 54.7 Å². The summed E-state index contributed by atoms with van der Waals surface area (Å²) < 4.78 is 54.5. The number of halogens is 3. The summed E-state index contributed by atoms with van der Waals surface area (Å²) in [5.74, 6) is -0.0878. The van der Waals surface area contributed by atoms with E-state index in [4.69, 9.17) is 24.7 Å². The number of likely N-dealkylation sites (N-methyl/N-ethyl adjacent to an activating group) is 1. The monoisotopic (exact) mass is 818 g/mol. The lowest BCUT2D eigenvalue weighted by molar-refractivity contribution is -0.138. The van der Waals surface area contributed by atoms with Gasteiger partial charge in [-0.05, 0) is 56.5 Å². The van der Waals surface area contributed by atoms with Crippen molar-refractivity contribution in [3.63, 3.8) is 0 Å². The summed E-state index contributed by atoms with van der Waals surface area (Å²) in [7, 11) is 1.77. The number of benzene rings is 2. The van der Waals surface area contributed by atoms with Gasteiger partial charge in [0.2, 0.25) is 11.9 Å². The predicted molar refractivity (Wildman–Crippen MR) is 216 cm³/mol. The molecule has 5 aliphatic heterocycles. The first kappa shape index (κ1) is 36.9. The highest BCUT2D eigenvalue weighted by molar-refractivity contribution is 5.96. The van der Waals surface area contributed by atoms with Crippen LogP contribution in [0.25, 0.3) is 39.0 Å². The lowest BCUT2D eigenvalue weighted by Crippen LogP contribution is -2.71. The Morgan fingerprint density at radius 3 is 2.63 bits per heavy atom. The quantitative estimate of drug-likeness (QED) is 0.275. The predicted octanol–water partition coefficient (Wildman–Crippen LogP) is 4.11. The summed E-state index contributed by atoms with van der Waals surface area (Å²) in [4.78, 5) is 55.6. The maximum atomic E-state index is 15.4. The number of imidazole rings is 1. The number of nitrogens with zero attached hydrogens (tertiary/aromatic N) is 11. The number of pyridine rings is 1. The van der Waals surface area contributed by atoms with Crippen LogP contribution in [0, 0.1) is 24.4 Å². The average molecular weight is 819 g/mol. The highest BCUT2D eigenvalue weighted by Crippen LogP contribution is 2.40. The maximum absolute atomic E-state index is 15.4. The molecule has 6 aromatic rings. The van der Waals surface area contributed by atoms with Gasteiger partial charge in [0.1, 0.15) is 40.8 Å². The van der Waals surface area contributed by atoms with Crippen LogP contribution < -0.4 is 15.1 Å². The number of rotatable bonds is 3. The standard InChI is InChI=1S/C42H41F3N12O3/c1-22-47-32-13-24(44)11-28-31-5-3-6-37(49-31)48-25-14-34(36(58)21-53-9-4-10-60-27(19-53)20-54(22)38(28)32)55(17-25)39-29-16-46-57(33-8-7-23(43)12-30(33)45)40(29)51-42(50-39)56-26-15-35(56)41(59)52(2)18-26/h3,5-8,11-13,16,25-27,34-35H,4,9-10,14-15,17-21H2,1-2H3,(H,48,49)/t25?,26?,27-,34+,35-/m1/s1. The van der Waals surface area contributed by atoms with Gasteiger partial charge in [0, 0.05) is 63.6 Å². The number of aromatic nitrogens is 7. The molecule has 3 unspecified atom stereocenters. The Balaban J connectivity index is 1.04. The first-order chi connectivity index (χ1) is 29.1. The zero-order chi connectivity index (χ0) is 41.0. The van der Waals surface area contributed by atoms with Crippen LogP contribution in [0.2, 0.25) is 0 Å². The van der Waals surface area contributed by atoms with E-state index in [1.807, 2.05) is 34.9 Å². The summed E-state index contributed by atoms with van der Waals surface area (Å²) >= 11 is 0. The summed E-state index contributed by atoms with van der Waals surface area (Å²) in [5, 5.41) is 8.58. The van der Waals surface area contributed by atoms with Crippen LogP contribution in [-0.2, 0) is 20.9 Å². The molecule has 18 heteroatoms. The molecule has 6 atom stereocenters. The zero-order valence-electron chi connectivity index (χ0n) is 32.9. The molecule has 8 bridgehead atoms. The number of fused-ring (bicyclic) bond motifs is 10. The Morgan fingerprint density at radius 1 is 0.900 bits per heavy atom. The molecule has 2 aromatic carbocycles. The molecular weight excluding hydrogens is 778 g/mol. The lowest BCUT2D eigenvalue weighted by atomic mass is 9.87. The number of likely N-dealkylation sites (tertiary alicyclic amines) is 1. The van der Waals surface area contributed by atoms with Crippen LogP contribution in [0.4, 0.5) is 30.8 Å². The average Bonchev–Trinajstić information content (AvgIpc) is 3.86. The number of piperidine rings is 1. The van der Waals surface area contributed by atoms with Crippen LogP contribution in [0.3, 0.4) is 0 Å². The summed E-state index contributed by atoms with van der Waals surface area (Å²) in [6.45, 7) is 4.97. The number of ether oxygens (including phenoxy) is 1. The number of aryl methyl sites for hydroxylation is 1. The van der Waals surface area contributed by atoms with E-state index in [-0.39, 0.29) is 53.7 Å². The minimum absolute atomic E-state index is 0.00951. The van der Waals surface area contributed by atoms with Gasteiger partial charge < -0.3 is 29.3 Å². The van der Waals surface area contributed by atoms with Crippen molar-refractivity contribution in [1.29, 1.82) is 0 Å². The minimum Gasteiger partial charge on any atom is -0.375 e. The Morgan fingerprint density at radius 2 is 1.78 bits per heavy atom. The largest absolute Gasteiger partial charge is 0.375 e. The third kappa shape index (κ3) is 6.05. The number of amides is 1. The van der Waals surface area contributed by atoms with E-state index >= 15 is 8.78 Å². The molecule has 60 heavy (non-hydrogen) atoms. The van der Waals surface area contributed by atoms with Crippen molar-refractivity contribution in [2.45, 2.75) is 63.0 Å². The van der Waals surface area contributed by atoms with E-state index in [0.29, 0.717) is 86.0 Å². The molecule has 0 spiro atoms. The molecule has 11 rings (SSSR count). The van der Waals surface area contributed by atoms with Gasteiger partial charge in [-0.3, -0.25) is 14.5 Å². The molecule has 5 aliphatic rings. The van der Waals surface area contributed by atoms with Crippen molar-refractivity contribution in [2.24, 2.45) is 0 Å². The molecule has 0 saturated carbocycles. The van der Waals surface area contributed by atoms with Gasteiger partial charge in [-0.15, -0.1) is 0 Å². The molecule has 0 radical (unpaired) electrons. The molecule has 1 amide bonds. The SMILES string of the molecule is Cc1nc2cc(F)cc3c2n1C[C@H]1CN(CCCO1)CC(=O)[C@@H]1CC(CN1c1nc(N2C4C[C@@H]2C(=O)N(C)C4)nc2c1cnn2-c1ccc(F)cc1F)Nc1cccc-3n1. The Kier molecular flexibility index (Phi) is 8.60. The third-order valence-electron chi connectivity index (χ3n) is 12.7. The van der Waals surface area contributed by atoms with Gasteiger partial charge in [-0.1, -0.05) is 6.07 Å². The van der Waals surface area contributed by atoms with E-state index in [1.165, 1.54) is 22.9 Å². The van der Waals surface area contributed by atoms with E-state index in [0.717, 1.165) is 29.9 Å². The van der Waals surface area contributed by atoms with Crippen molar-refractivity contribution >= 4 is 51.3 Å². The van der Waals surface area contributed by atoms with E-state index in [9.17, 15) is 14.0 Å². The number of piperazine rings is 1. The second kappa shape index (κ2) is 14.0. The molecular formula is C42H41F3N12O3. The normalized spacial score (nSPS) is 25.4. The number of nitrogens with one attached hydrogen (secondary N) is 1. The summed E-state index contributed by atoms with van der Waals surface area (Å²) in [6.07, 6.45) is 3.04. The molecule has 4 fully saturated rings. The van der Waals surface area contributed by atoms with Crippen molar-refractivity contribution in [3.8, 4) is 16.9 Å². The van der Waals surface area contributed by atoms with Crippen molar-refractivity contribution in [3.05, 3.63) is 78.0 Å². The summed E-state index contributed by atoms with van der Waals surface area (Å²) in [6, 6.07) is 10.3. The van der Waals surface area contributed by atoms with E-state index in [1.54, 1.807) is 18.1 Å². The molecule has 4 aromatic heterocycles. The van der Waals surface area contributed by atoms with Crippen LogP contribution in [0.1, 0.15) is 25.1 Å². The van der Waals surface area contributed by atoms with Gasteiger partial charge in [-0.25, -0.2) is 27.8 Å². The number of ketones is 1. The number of carbonyl (C=O) groups is 2. The zero-order valence-corrected chi connectivity index (χ0v) is 32.9. The Bertz CT molecular complexity index is 2740. The Hall–Kier alpha value is -6.14. The first-order valence-corrected chi connectivity index (χ1v) is 20.3. The topological polar surface area (TPSA) is 143 Å². The Labute approximate surface area is 341 Å². The fourth-order valence-electron chi connectivity index (χ4n) is 9.87. The molecule has 308 valence electrons. The molecule has 4 saturated heterocycles. The maximum Gasteiger partial charge on any atom is 0.245 e. The molecule has 9 heterocycles. The van der Waals surface area contributed by atoms with Gasteiger partial charge >= 0.3 is 0 Å². The van der Waals surface area contributed by atoms with Crippen molar-refractivity contribution < 1.29 is 27.5 Å². The van der Waals surface area contributed by atoms with Crippen LogP contribution >= 0.6 is 0 Å². The molecule has 0 aliphatic carbocycles. The fraction of sp³-hybridized carbons (Fsp3) is 0.405. The van der Waals surface area contributed by atoms with Gasteiger partial charge in [-0.2, -0.15) is 15.1 Å². The summed E-state index contributed by atoms with van der Waals surface area (Å²) in [5.41, 5.74) is 2.70. The van der Waals surface area contributed by atoms with E-state index < -0.39 is 29.5 Å². The van der Waals surface area contributed by atoms with Crippen molar-refractivity contribution in [2.75, 3.05) is 61.5 Å². The number of hydrogen-bond acceptors (Lipinski definition) is 12. The number of carbonyl (C=O) groups excluding carboxylic acids is 2. The van der Waals surface area contributed by atoms with Crippen LogP contribution in [0.5, 0.6) is 0 Å². The third-order valence-corrected chi connectivity index (χ3v) is 12.7. The molecule has 1 N–H and O–H groups in total. The fourth-order valence-corrected chi connectivity index (χ4v) is 9.87. The van der Waals surface area contributed by atoms with Gasteiger partial charge in [0.15, 0.2) is 17.2 Å².